The fourth-order valence-electron chi connectivity index (χ4n) is 2.41. The molecule has 0 fully saturated rings. The number of hydrogen-bond donors (Lipinski definition) is 0. The van der Waals surface area contributed by atoms with Crippen molar-refractivity contribution < 1.29 is 4.79 Å². The number of amides is 1. The summed E-state index contributed by atoms with van der Waals surface area (Å²) in [7, 11) is 1.67. The number of fused-ring (bicyclic) bond motifs is 3. The third-order valence-corrected chi connectivity index (χ3v) is 3.30. The van der Waals surface area contributed by atoms with Crippen molar-refractivity contribution in [1.82, 2.24) is 4.90 Å². The Labute approximate surface area is 98.9 Å². The number of nitrogens with zero attached hydrogens (tertiary/aromatic N) is 2. The van der Waals surface area contributed by atoms with Crippen molar-refractivity contribution in [2.75, 3.05) is 7.05 Å². The lowest BCUT2D eigenvalue weighted by atomic mass is 9.98. The van der Waals surface area contributed by atoms with Gasteiger partial charge in [0.15, 0.2) is 0 Å². The average Bonchev–Trinajstić information content (AvgIpc) is 2.62. The van der Waals surface area contributed by atoms with E-state index in [4.69, 9.17) is 5.26 Å². The second kappa shape index (κ2) is 3.33. The molecule has 0 bridgehead atoms. The maximum absolute atomic E-state index is 12.2. The monoisotopic (exact) mass is 222 g/mol. The first-order valence-electron chi connectivity index (χ1n) is 5.42. The molecule has 1 aliphatic rings. The second-order valence-corrected chi connectivity index (χ2v) is 4.20. The molecule has 3 rings (SSSR count). The van der Waals surface area contributed by atoms with E-state index in [2.05, 4.69) is 6.07 Å². The van der Waals surface area contributed by atoms with Crippen LogP contribution in [-0.4, -0.2) is 17.9 Å². The Morgan fingerprint density at radius 3 is 2.76 bits per heavy atom. The predicted octanol–water partition coefficient (Wildman–Crippen LogP) is 2.49. The van der Waals surface area contributed by atoms with Gasteiger partial charge >= 0.3 is 0 Å². The number of rotatable bonds is 0. The van der Waals surface area contributed by atoms with Crippen molar-refractivity contribution in [3.8, 4) is 6.07 Å². The van der Waals surface area contributed by atoms with Crippen LogP contribution in [0.1, 0.15) is 22.0 Å². The van der Waals surface area contributed by atoms with Crippen LogP contribution in [-0.2, 0) is 0 Å². The standard InChI is InChI=1S/C14H10N2O/c1-16-12(8-15)11-7-6-9-4-2-3-5-10(9)13(11)14(16)17/h2-7,12H,1H3. The van der Waals surface area contributed by atoms with Gasteiger partial charge in [0.1, 0.15) is 6.04 Å². The van der Waals surface area contributed by atoms with Crippen LogP contribution < -0.4 is 0 Å². The van der Waals surface area contributed by atoms with Crippen LogP contribution in [0.5, 0.6) is 0 Å². The SMILES string of the molecule is CN1C(=O)c2c(ccc3ccccc23)C1C#N. The summed E-state index contributed by atoms with van der Waals surface area (Å²) in [6.45, 7) is 0. The predicted molar refractivity (Wildman–Crippen MR) is 64.4 cm³/mol. The zero-order chi connectivity index (χ0) is 12.0. The van der Waals surface area contributed by atoms with E-state index in [1.165, 1.54) is 4.90 Å². The number of hydrogen-bond acceptors (Lipinski definition) is 2. The lowest BCUT2D eigenvalue weighted by molar-refractivity contribution is 0.0801. The number of benzene rings is 2. The third-order valence-electron chi connectivity index (χ3n) is 3.30. The van der Waals surface area contributed by atoms with Gasteiger partial charge in [0.2, 0.25) is 0 Å². The molecule has 1 atom stereocenters. The van der Waals surface area contributed by atoms with Crippen molar-refractivity contribution in [3.63, 3.8) is 0 Å². The number of carbonyl (C=O) groups excluding carboxylic acids is 1. The quantitative estimate of drug-likeness (QED) is 0.687. The van der Waals surface area contributed by atoms with Crippen molar-refractivity contribution in [3.05, 3.63) is 47.5 Å². The molecule has 2 aromatic carbocycles. The van der Waals surface area contributed by atoms with Gasteiger partial charge in [0.05, 0.1) is 11.6 Å². The summed E-state index contributed by atoms with van der Waals surface area (Å²) in [5.74, 6) is -0.0663. The third kappa shape index (κ3) is 1.18. The van der Waals surface area contributed by atoms with E-state index >= 15 is 0 Å². The molecule has 0 N–H and O–H groups in total. The zero-order valence-electron chi connectivity index (χ0n) is 9.34. The smallest absolute Gasteiger partial charge is 0.255 e. The summed E-state index contributed by atoms with van der Waals surface area (Å²) in [4.78, 5) is 13.7. The second-order valence-electron chi connectivity index (χ2n) is 4.20. The van der Waals surface area contributed by atoms with E-state index in [0.29, 0.717) is 5.56 Å². The van der Waals surface area contributed by atoms with Crippen LogP contribution in [0, 0.1) is 11.3 Å². The van der Waals surface area contributed by atoms with Crippen LogP contribution in [0.2, 0.25) is 0 Å². The minimum absolute atomic E-state index is 0.0663. The Hall–Kier alpha value is -2.34. The van der Waals surface area contributed by atoms with Gasteiger partial charge in [-0.25, -0.2) is 0 Å². The molecule has 0 saturated carbocycles. The zero-order valence-corrected chi connectivity index (χ0v) is 9.34. The lowest BCUT2D eigenvalue weighted by Gasteiger charge is -2.11. The molecule has 0 radical (unpaired) electrons. The molecule has 1 unspecified atom stereocenters. The highest BCUT2D eigenvalue weighted by atomic mass is 16.2. The maximum Gasteiger partial charge on any atom is 0.255 e. The van der Waals surface area contributed by atoms with Crippen molar-refractivity contribution in [2.24, 2.45) is 0 Å². The van der Waals surface area contributed by atoms with E-state index in [1.807, 2.05) is 36.4 Å². The summed E-state index contributed by atoms with van der Waals surface area (Å²) in [6, 6.07) is 13.3. The molecular weight excluding hydrogens is 212 g/mol. The van der Waals surface area contributed by atoms with E-state index in [-0.39, 0.29) is 5.91 Å². The highest BCUT2D eigenvalue weighted by Crippen LogP contribution is 2.36. The Morgan fingerprint density at radius 2 is 2.00 bits per heavy atom. The molecule has 0 aromatic heterocycles. The van der Waals surface area contributed by atoms with E-state index in [0.717, 1.165) is 16.3 Å². The molecule has 82 valence electrons. The van der Waals surface area contributed by atoms with Gasteiger partial charge in [-0.3, -0.25) is 4.79 Å². The first-order valence-corrected chi connectivity index (χ1v) is 5.42. The van der Waals surface area contributed by atoms with Crippen molar-refractivity contribution in [2.45, 2.75) is 6.04 Å². The van der Waals surface area contributed by atoms with Gasteiger partial charge in [0, 0.05) is 12.6 Å². The van der Waals surface area contributed by atoms with Crippen molar-refractivity contribution >= 4 is 16.7 Å². The molecular formula is C14H10N2O. The topological polar surface area (TPSA) is 44.1 Å². The Kier molecular flexibility index (Phi) is 1.93. The molecule has 17 heavy (non-hydrogen) atoms. The van der Waals surface area contributed by atoms with Crippen LogP contribution >= 0.6 is 0 Å². The molecule has 1 amide bonds. The highest BCUT2D eigenvalue weighted by molar-refractivity contribution is 6.10. The largest absolute Gasteiger partial charge is 0.322 e. The van der Waals surface area contributed by atoms with Crippen LogP contribution in [0.3, 0.4) is 0 Å². The van der Waals surface area contributed by atoms with E-state index < -0.39 is 6.04 Å². The summed E-state index contributed by atoms with van der Waals surface area (Å²) >= 11 is 0. The molecule has 0 spiro atoms. The van der Waals surface area contributed by atoms with Gasteiger partial charge in [-0.15, -0.1) is 0 Å². The average molecular weight is 222 g/mol. The maximum atomic E-state index is 12.2. The Bertz CT molecular complexity index is 669. The van der Waals surface area contributed by atoms with Crippen LogP contribution in [0.25, 0.3) is 10.8 Å². The summed E-state index contributed by atoms with van der Waals surface area (Å²) in [6.07, 6.45) is 0. The molecule has 3 heteroatoms. The molecule has 1 aliphatic heterocycles. The Morgan fingerprint density at radius 1 is 1.24 bits per heavy atom. The van der Waals surface area contributed by atoms with Crippen molar-refractivity contribution in [1.29, 1.82) is 5.26 Å². The molecule has 0 aliphatic carbocycles. The van der Waals surface area contributed by atoms with Gasteiger partial charge in [-0.05, 0) is 10.8 Å². The Balaban J connectivity index is 2.40. The van der Waals surface area contributed by atoms with Crippen LogP contribution in [0.15, 0.2) is 36.4 Å². The fraction of sp³-hybridized carbons (Fsp3) is 0.143. The summed E-state index contributed by atoms with van der Waals surface area (Å²) in [5, 5.41) is 11.1. The lowest BCUT2D eigenvalue weighted by Crippen LogP contribution is -2.21. The molecule has 3 nitrogen and oxygen atoms in total. The highest BCUT2D eigenvalue weighted by Gasteiger charge is 2.35. The van der Waals surface area contributed by atoms with Gasteiger partial charge < -0.3 is 4.90 Å². The normalized spacial score (nSPS) is 18.2. The fourth-order valence-corrected chi connectivity index (χ4v) is 2.41. The van der Waals surface area contributed by atoms with Crippen LogP contribution in [0.4, 0.5) is 0 Å². The first-order chi connectivity index (χ1) is 8.24. The van der Waals surface area contributed by atoms with Gasteiger partial charge in [-0.2, -0.15) is 5.26 Å². The first kappa shape index (κ1) is 9.86. The number of nitriles is 1. The summed E-state index contributed by atoms with van der Waals surface area (Å²) < 4.78 is 0. The molecule has 1 heterocycles. The molecule has 0 saturated heterocycles. The number of carbonyl (C=O) groups is 1. The van der Waals surface area contributed by atoms with Gasteiger partial charge in [-0.1, -0.05) is 36.4 Å². The minimum atomic E-state index is -0.456. The van der Waals surface area contributed by atoms with E-state index in [9.17, 15) is 4.79 Å². The summed E-state index contributed by atoms with van der Waals surface area (Å²) in [5.41, 5.74) is 1.50. The van der Waals surface area contributed by atoms with E-state index in [1.54, 1.807) is 7.05 Å². The molecule has 2 aromatic rings. The van der Waals surface area contributed by atoms with Gasteiger partial charge in [0.25, 0.3) is 5.91 Å². The minimum Gasteiger partial charge on any atom is -0.322 e.